The van der Waals surface area contributed by atoms with E-state index in [1.165, 1.54) is 29.0 Å². The average Bonchev–Trinajstić information content (AvgIpc) is 2.85. The van der Waals surface area contributed by atoms with Crippen molar-refractivity contribution in [3.8, 4) is 0 Å². The number of fused-ring (bicyclic) bond motifs is 3. The molecule has 2 aliphatic rings. The molecule has 3 heteroatoms. The van der Waals surface area contributed by atoms with Gasteiger partial charge in [-0.15, -0.1) is 0 Å². The largest absolute Gasteiger partial charge is 0.292 e. The van der Waals surface area contributed by atoms with Crippen LogP contribution >= 0.6 is 0 Å². The number of aryl methyl sites for hydroxylation is 1. The standard InChI is InChI=1S/C18H17FN2/c1-21-18(13-6-9-14(19)10-7-13)16-11-8-12-4-2-3-5-15(12)17(16)20-21/h2-7,9-10,16,18H,8,11H2,1H3/t16-,18-/m0/s1. The summed E-state index contributed by atoms with van der Waals surface area (Å²) in [5.74, 6) is 0.213. The minimum absolute atomic E-state index is 0.186. The first-order chi connectivity index (χ1) is 10.2. The number of nitrogens with zero attached hydrogens (tertiary/aromatic N) is 2. The predicted molar refractivity (Wildman–Crippen MR) is 81.7 cm³/mol. The lowest BCUT2D eigenvalue weighted by molar-refractivity contribution is 0.243. The van der Waals surface area contributed by atoms with E-state index in [0.717, 1.165) is 18.4 Å². The molecule has 1 heterocycles. The number of hydrogen-bond donors (Lipinski definition) is 0. The predicted octanol–water partition coefficient (Wildman–Crippen LogP) is 3.78. The SMILES string of the molecule is CN1N=C2c3ccccc3CC[C@@H]2[C@@H]1c1ccc(F)cc1. The zero-order valence-electron chi connectivity index (χ0n) is 12.0. The summed E-state index contributed by atoms with van der Waals surface area (Å²) < 4.78 is 13.2. The molecule has 2 nitrogen and oxygen atoms in total. The maximum absolute atomic E-state index is 13.2. The lowest BCUT2D eigenvalue weighted by Crippen LogP contribution is -2.27. The van der Waals surface area contributed by atoms with E-state index in [1.54, 1.807) is 0 Å². The van der Waals surface area contributed by atoms with E-state index < -0.39 is 0 Å². The maximum Gasteiger partial charge on any atom is 0.123 e. The van der Waals surface area contributed by atoms with Gasteiger partial charge in [0.05, 0.1) is 11.8 Å². The van der Waals surface area contributed by atoms with Crippen LogP contribution in [0, 0.1) is 11.7 Å². The quantitative estimate of drug-likeness (QED) is 0.776. The number of hydrazone groups is 1. The van der Waals surface area contributed by atoms with Gasteiger partial charge < -0.3 is 0 Å². The normalized spacial score (nSPS) is 23.5. The maximum atomic E-state index is 13.2. The van der Waals surface area contributed by atoms with Gasteiger partial charge in [0.25, 0.3) is 0 Å². The Labute approximate surface area is 123 Å². The molecule has 2 aromatic rings. The van der Waals surface area contributed by atoms with Crippen LogP contribution in [0.15, 0.2) is 53.6 Å². The van der Waals surface area contributed by atoms with Crippen molar-refractivity contribution in [3.05, 3.63) is 71.0 Å². The number of benzene rings is 2. The highest BCUT2D eigenvalue weighted by molar-refractivity contribution is 6.05. The Morgan fingerprint density at radius 1 is 1.10 bits per heavy atom. The van der Waals surface area contributed by atoms with Crippen LogP contribution in [0.25, 0.3) is 0 Å². The zero-order valence-corrected chi connectivity index (χ0v) is 12.0. The first kappa shape index (κ1) is 12.6. The summed E-state index contributed by atoms with van der Waals surface area (Å²) in [6.45, 7) is 0. The van der Waals surface area contributed by atoms with E-state index in [9.17, 15) is 4.39 Å². The van der Waals surface area contributed by atoms with Crippen molar-refractivity contribution < 1.29 is 4.39 Å². The molecule has 2 aromatic carbocycles. The average molecular weight is 280 g/mol. The molecule has 0 N–H and O–H groups in total. The molecular formula is C18H17FN2. The molecule has 0 spiro atoms. The Kier molecular flexibility index (Phi) is 2.81. The van der Waals surface area contributed by atoms with Gasteiger partial charge in [0.2, 0.25) is 0 Å². The molecule has 0 amide bonds. The lowest BCUT2D eigenvalue weighted by atomic mass is 9.77. The van der Waals surface area contributed by atoms with Gasteiger partial charge in [0.15, 0.2) is 0 Å². The minimum Gasteiger partial charge on any atom is -0.292 e. The van der Waals surface area contributed by atoms with Crippen molar-refractivity contribution in [2.45, 2.75) is 18.9 Å². The minimum atomic E-state index is -0.186. The fraction of sp³-hybridized carbons (Fsp3) is 0.278. The number of rotatable bonds is 1. The Morgan fingerprint density at radius 3 is 2.67 bits per heavy atom. The van der Waals surface area contributed by atoms with Gasteiger partial charge in [0, 0.05) is 18.5 Å². The van der Waals surface area contributed by atoms with Gasteiger partial charge in [0.1, 0.15) is 5.82 Å². The smallest absolute Gasteiger partial charge is 0.123 e. The molecule has 0 aromatic heterocycles. The molecule has 0 bridgehead atoms. The highest BCUT2D eigenvalue weighted by atomic mass is 19.1. The molecule has 0 radical (unpaired) electrons. The van der Waals surface area contributed by atoms with Crippen LogP contribution in [0.4, 0.5) is 4.39 Å². The Bertz CT molecular complexity index is 705. The molecule has 1 aliphatic carbocycles. The van der Waals surface area contributed by atoms with Gasteiger partial charge in [-0.3, -0.25) is 5.01 Å². The molecule has 0 saturated heterocycles. The molecule has 1 aliphatic heterocycles. The van der Waals surface area contributed by atoms with E-state index in [1.807, 2.05) is 24.2 Å². The van der Waals surface area contributed by atoms with Crippen molar-refractivity contribution in [2.24, 2.45) is 11.0 Å². The van der Waals surface area contributed by atoms with Crippen molar-refractivity contribution in [1.82, 2.24) is 5.01 Å². The summed E-state index contributed by atoms with van der Waals surface area (Å²) in [6, 6.07) is 15.6. The molecule has 106 valence electrons. The van der Waals surface area contributed by atoms with Crippen molar-refractivity contribution in [2.75, 3.05) is 7.05 Å². The highest BCUT2D eigenvalue weighted by Crippen LogP contribution is 2.42. The fourth-order valence-electron chi connectivity index (χ4n) is 3.67. The third kappa shape index (κ3) is 1.96. The molecule has 0 fully saturated rings. The van der Waals surface area contributed by atoms with Crippen LogP contribution in [-0.4, -0.2) is 17.8 Å². The lowest BCUT2D eigenvalue weighted by Gasteiger charge is -2.28. The van der Waals surface area contributed by atoms with E-state index in [2.05, 4.69) is 24.3 Å². The Hall–Kier alpha value is -2.16. The van der Waals surface area contributed by atoms with Crippen LogP contribution in [0.5, 0.6) is 0 Å². The Balaban J connectivity index is 1.74. The number of halogens is 1. The second-order valence-electron chi connectivity index (χ2n) is 5.86. The summed E-state index contributed by atoms with van der Waals surface area (Å²) in [4.78, 5) is 0. The summed E-state index contributed by atoms with van der Waals surface area (Å²) in [6.07, 6.45) is 2.19. The van der Waals surface area contributed by atoms with Crippen molar-refractivity contribution in [3.63, 3.8) is 0 Å². The second-order valence-corrected chi connectivity index (χ2v) is 5.86. The fourth-order valence-corrected chi connectivity index (χ4v) is 3.67. The molecule has 21 heavy (non-hydrogen) atoms. The molecule has 0 unspecified atom stereocenters. The van der Waals surface area contributed by atoms with Crippen molar-refractivity contribution >= 4 is 5.71 Å². The zero-order chi connectivity index (χ0) is 14.4. The molecule has 2 atom stereocenters. The van der Waals surface area contributed by atoms with Crippen molar-refractivity contribution in [1.29, 1.82) is 0 Å². The third-order valence-corrected chi connectivity index (χ3v) is 4.63. The molecule has 0 saturated carbocycles. The second kappa shape index (κ2) is 4.69. The monoisotopic (exact) mass is 280 g/mol. The van der Waals surface area contributed by atoms with Crippen LogP contribution in [0.3, 0.4) is 0 Å². The van der Waals surface area contributed by atoms with E-state index in [-0.39, 0.29) is 11.9 Å². The van der Waals surface area contributed by atoms with Gasteiger partial charge in [-0.2, -0.15) is 5.10 Å². The van der Waals surface area contributed by atoms with Gasteiger partial charge in [-0.25, -0.2) is 4.39 Å². The summed E-state index contributed by atoms with van der Waals surface area (Å²) in [7, 11) is 2.02. The van der Waals surface area contributed by atoms with Crippen LogP contribution in [0.2, 0.25) is 0 Å². The number of hydrogen-bond acceptors (Lipinski definition) is 2. The van der Waals surface area contributed by atoms with Crippen LogP contribution in [-0.2, 0) is 6.42 Å². The summed E-state index contributed by atoms with van der Waals surface area (Å²) in [5.41, 5.74) is 5.00. The topological polar surface area (TPSA) is 15.6 Å². The summed E-state index contributed by atoms with van der Waals surface area (Å²) >= 11 is 0. The van der Waals surface area contributed by atoms with Gasteiger partial charge in [-0.05, 0) is 36.1 Å². The third-order valence-electron chi connectivity index (χ3n) is 4.63. The first-order valence-corrected chi connectivity index (χ1v) is 7.39. The van der Waals surface area contributed by atoms with Crippen LogP contribution < -0.4 is 0 Å². The van der Waals surface area contributed by atoms with Gasteiger partial charge >= 0.3 is 0 Å². The summed E-state index contributed by atoms with van der Waals surface area (Å²) in [5, 5.41) is 6.83. The van der Waals surface area contributed by atoms with Crippen LogP contribution in [0.1, 0.15) is 29.2 Å². The molecular weight excluding hydrogens is 263 g/mol. The molecule has 4 rings (SSSR count). The first-order valence-electron chi connectivity index (χ1n) is 7.39. The Morgan fingerprint density at radius 2 is 1.86 bits per heavy atom. The van der Waals surface area contributed by atoms with E-state index in [0.29, 0.717) is 5.92 Å². The van der Waals surface area contributed by atoms with Gasteiger partial charge in [-0.1, -0.05) is 36.4 Å². The highest BCUT2D eigenvalue weighted by Gasteiger charge is 2.39. The van der Waals surface area contributed by atoms with E-state index in [4.69, 9.17) is 5.10 Å². The van der Waals surface area contributed by atoms with E-state index >= 15 is 0 Å².